The highest BCUT2D eigenvalue weighted by molar-refractivity contribution is 6.32. The van der Waals surface area contributed by atoms with Crippen LogP contribution in [0, 0.1) is 5.82 Å². The van der Waals surface area contributed by atoms with Gasteiger partial charge in [-0.25, -0.2) is 9.07 Å². The second-order valence-corrected chi connectivity index (χ2v) is 8.65. The van der Waals surface area contributed by atoms with Gasteiger partial charge in [-0.1, -0.05) is 48.0 Å². The lowest BCUT2D eigenvalue weighted by Crippen LogP contribution is -2.49. The second-order valence-electron chi connectivity index (χ2n) is 8.24. The number of carbonyl (C=O) groups excluding carboxylic acids is 1. The maximum atomic E-state index is 14.2. The second kappa shape index (κ2) is 9.80. The molecule has 0 spiro atoms. The molecule has 0 atom stereocenters. The summed E-state index contributed by atoms with van der Waals surface area (Å²) in [7, 11) is 1.61. The molecule has 0 aliphatic carbocycles. The maximum Gasteiger partial charge on any atom is 0.272 e. The highest BCUT2D eigenvalue weighted by Crippen LogP contribution is 2.29. The molecule has 1 aliphatic rings. The number of methoxy groups -OCH3 is 1. The fraction of sp³-hybridized carbons (Fsp3) is 0.185. The van der Waals surface area contributed by atoms with Gasteiger partial charge in [0, 0.05) is 31.7 Å². The minimum atomic E-state index is -0.257. The summed E-state index contributed by atoms with van der Waals surface area (Å²) in [6.07, 6.45) is 0. The van der Waals surface area contributed by atoms with Gasteiger partial charge in [0.2, 0.25) is 0 Å². The Labute approximate surface area is 208 Å². The van der Waals surface area contributed by atoms with E-state index in [2.05, 4.69) is 0 Å². The topological polar surface area (TPSA) is 50.6 Å². The number of hydrogen-bond acceptors (Lipinski definition) is 4. The smallest absolute Gasteiger partial charge is 0.272 e. The summed E-state index contributed by atoms with van der Waals surface area (Å²) >= 11 is 6.48. The van der Waals surface area contributed by atoms with Crippen LogP contribution in [-0.2, 0) is 0 Å². The molecule has 1 saturated heterocycles. The van der Waals surface area contributed by atoms with Crippen molar-refractivity contribution in [1.29, 1.82) is 0 Å². The third-order valence-electron chi connectivity index (χ3n) is 6.13. The largest absolute Gasteiger partial charge is 0.497 e. The van der Waals surface area contributed by atoms with Gasteiger partial charge < -0.3 is 14.5 Å². The van der Waals surface area contributed by atoms with Crippen molar-refractivity contribution in [3.8, 4) is 22.7 Å². The number of piperazine rings is 1. The zero-order valence-electron chi connectivity index (χ0n) is 19.2. The minimum absolute atomic E-state index is 0.153. The third-order valence-corrected chi connectivity index (χ3v) is 6.45. The lowest BCUT2D eigenvalue weighted by molar-refractivity contribution is 0.0737. The van der Waals surface area contributed by atoms with Crippen LogP contribution in [-0.4, -0.2) is 53.9 Å². The Balaban J connectivity index is 1.46. The van der Waals surface area contributed by atoms with E-state index in [4.69, 9.17) is 21.4 Å². The molecule has 3 aromatic carbocycles. The van der Waals surface area contributed by atoms with Crippen LogP contribution >= 0.6 is 11.6 Å². The van der Waals surface area contributed by atoms with Crippen molar-refractivity contribution in [3.05, 3.63) is 95.4 Å². The summed E-state index contributed by atoms with van der Waals surface area (Å²) in [5.41, 5.74) is 3.05. The molecule has 178 valence electrons. The average molecular weight is 491 g/mol. The number of amides is 1. The predicted molar refractivity (Wildman–Crippen MR) is 135 cm³/mol. The van der Waals surface area contributed by atoms with Gasteiger partial charge in [0.05, 0.1) is 29.2 Å². The predicted octanol–water partition coefficient (Wildman–Crippen LogP) is 5.30. The summed E-state index contributed by atoms with van der Waals surface area (Å²) < 4.78 is 21.2. The zero-order valence-corrected chi connectivity index (χ0v) is 20.0. The Hall–Kier alpha value is -3.84. The first kappa shape index (κ1) is 22.9. The van der Waals surface area contributed by atoms with Crippen LogP contribution in [0.5, 0.6) is 5.75 Å². The Bertz CT molecular complexity index is 1360. The van der Waals surface area contributed by atoms with E-state index in [0.717, 1.165) is 5.56 Å². The summed E-state index contributed by atoms with van der Waals surface area (Å²) in [4.78, 5) is 17.4. The standard InChI is InChI=1S/C27H24ClFN4O2/c1-35-20-8-6-7-19(17-20)23-18-26(33(30-23)24-11-4-2-9-21(24)28)27(34)32-15-13-31(14-16-32)25-12-5-3-10-22(25)29/h2-12,17-18H,13-16H2,1H3. The van der Waals surface area contributed by atoms with E-state index >= 15 is 0 Å². The highest BCUT2D eigenvalue weighted by Gasteiger charge is 2.27. The number of anilines is 1. The molecule has 6 nitrogen and oxygen atoms in total. The molecular formula is C27H24ClFN4O2. The van der Waals surface area contributed by atoms with Crippen LogP contribution in [0.25, 0.3) is 16.9 Å². The van der Waals surface area contributed by atoms with Crippen LogP contribution in [0.4, 0.5) is 10.1 Å². The van der Waals surface area contributed by atoms with E-state index in [1.165, 1.54) is 6.07 Å². The van der Waals surface area contributed by atoms with E-state index < -0.39 is 0 Å². The fourth-order valence-electron chi connectivity index (χ4n) is 4.28. The molecule has 1 fully saturated rings. The first-order valence-corrected chi connectivity index (χ1v) is 11.7. The van der Waals surface area contributed by atoms with E-state index in [9.17, 15) is 9.18 Å². The van der Waals surface area contributed by atoms with Crippen LogP contribution < -0.4 is 9.64 Å². The van der Waals surface area contributed by atoms with Gasteiger partial charge in [0.15, 0.2) is 0 Å². The van der Waals surface area contributed by atoms with Gasteiger partial charge in [-0.05, 0) is 42.5 Å². The van der Waals surface area contributed by atoms with Gasteiger partial charge in [0.1, 0.15) is 17.3 Å². The number of hydrogen-bond donors (Lipinski definition) is 0. The molecule has 0 radical (unpaired) electrons. The molecule has 0 saturated carbocycles. The van der Waals surface area contributed by atoms with Gasteiger partial charge in [-0.15, -0.1) is 0 Å². The van der Waals surface area contributed by atoms with E-state index in [-0.39, 0.29) is 11.7 Å². The molecule has 1 aromatic heterocycles. The molecule has 5 rings (SSSR count). The van der Waals surface area contributed by atoms with Crippen molar-refractivity contribution in [2.45, 2.75) is 0 Å². The number of aromatic nitrogens is 2. The molecule has 4 aromatic rings. The molecule has 0 bridgehead atoms. The van der Waals surface area contributed by atoms with Crippen molar-refractivity contribution in [2.24, 2.45) is 0 Å². The summed E-state index contributed by atoms with van der Waals surface area (Å²) in [6.45, 7) is 2.01. The minimum Gasteiger partial charge on any atom is -0.497 e. The monoisotopic (exact) mass is 490 g/mol. The van der Waals surface area contributed by atoms with Gasteiger partial charge in [-0.3, -0.25) is 4.79 Å². The molecule has 1 aliphatic heterocycles. The molecule has 35 heavy (non-hydrogen) atoms. The SMILES string of the molecule is COc1cccc(-c2cc(C(=O)N3CCN(c4ccccc4F)CC3)n(-c3ccccc3Cl)n2)c1. The molecule has 0 N–H and O–H groups in total. The van der Waals surface area contributed by atoms with Crippen molar-refractivity contribution in [2.75, 3.05) is 38.2 Å². The van der Waals surface area contributed by atoms with Crippen LogP contribution in [0.3, 0.4) is 0 Å². The maximum absolute atomic E-state index is 14.2. The molecular weight excluding hydrogens is 467 g/mol. The van der Waals surface area contributed by atoms with Crippen LogP contribution in [0.1, 0.15) is 10.5 Å². The van der Waals surface area contributed by atoms with Crippen molar-refractivity contribution >= 4 is 23.2 Å². The average Bonchev–Trinajstić information content (AvgIpc) is 3.34. The number of halogens is 2. The van der Waals surface area contributed by atoms with E-state index in [0.29, 0.717) is 59.7 Å². The van der Waals surface area contributed by atoms with Crippen LogP contribution in [0.15, 0.2) is 78.9 Å². The van der Waals surface area contributed by atoms with Gasteiger partial charge in [0.25, 0.3) is 5.91 Å². The molecule has 2 heterocycles. The van der Waals surface area contributed by atoms with E-state index in [1.54, 1.807) is 41.0 Å². The Morgan fingerprint density at radius 2 is 1.63 bits per heavy atom. The van der Waals surface area contributed by atoms with Gasteiger partial charge >= 0.3 is 0 Å². The summed E-state index contributed by atoms with van der Waals surface area (Å²) in [5.74, 6) is 0.290. The molecule has 1 amide bonds. The van der Waals surface area contributed by atoms with Crippen molar-refractivity contribution < 1.29 is 13.9 Å². The summed E-state index contributed by atoms with van der Waals surface area (Å²) in [6, 6.07) is 23.3. The first-order valence-electron chi connectivity index (χ1n) is 11.3. The zero-order chi connectivity index (χ0) is 24.4. The lowest BCUT2D eigenvalue weighted by Gasteiger charge is -2.36. The molecule has 0 unspecified atom stereocenters. The number of nitrogens with zero attached hydrogens (tertiary/aromatic N) is 4. The Morgan fingerprint density at radius 1 is 0.914 bits per heavy atom. The van der Waals surface area contributed by atoms with Crippen LogP contribution in [0.2, 0.25) is 5.02 Å². The number of rotatable bonds is 5. The quantitative estimate of drug-likeness (QED) is 0.381. The number of para-hydroxylation sites is 2. The fourth-order valence-corrected chi connectivity index (χ4v) is 4.50. The van der Waals surface area contributed by atoms with E-state index in [1.807, 2.05) is 53.4 Å². The lowest BCUT2D eigenvalue weighted by atomic mass is 10.1. The normalized spacial score (nSPS) is 13.7. The number of benzene rings is 3. The third kappa shape index (κ3) is 4.59. The Morgan fingerprint density at radius 3 is 2.34 bits per heavy atom. The number of ether oxygens (including phenoxy) is 1. The first-order chi connectivity index (χ1) is 17.0. The summed E-state index contributed by atoms with van der Waals surface area (Å²) in [5, 5.41) is 5.24. The van der Waals surface area contributed by atoms with Crippen molar-refractivity contribution in [3.63, 3.8) is 0 Å². The van der Waals surface area contributed by atoms with Gasteiger partial charge in [-0.2, -0.15) is 5.10 Å². The molecule has 8 heteroatoms. The van der Waals surface area contributed by atoms with Crippen molar-refractivity contribution in [1.82, 2.24) is 14.7 Å². The highest BCUT2D eigenvalue weighted by atomic mass is 35.5. The Kier molecular flexibility index (Phi) is 6.42. The number of carbonyl (C=O) groups is 1.